The van der Waals surface area contributed by atoms with Gasteiger partial charge in [-0.2, -0.15) is 0 Å². The second kappa shape index (κ2) is 5.78. The summed E-state index contributed by atoms with van der Waals surface area (Å²) in [5, 5.41) is 3.18. The zero-order valence-electron chi connectivity index (χ0n) is 14.7. The lowest BCUT2D eigenvalue weighted by atomic mass is 10.1. The molecule has 0 unspecified atom stereocenters. The third-order valence-corrected chi connectivity index (χ3v) is 10.1. The highest BCUT2D eigenvalue weighted by Gasteiger charge is 2.42. The van der Waals surface area contributed by atoms with Gasteiger partial charge in [-0.25, -0.2) is 0 Å². The van der Waals surface area contributed by atoms with Crippen molar-refractivity contribution in [3.05, 3.63) is 85.2 Å². The van der Waals surface area contributed by atoms with Gasteiger partial charge in [0.2, 0.25) is 0 Å². The van der Waals surface area contributed by atoms with Gasteiger partial charge in [-0.15, -0.1) is 0 Å². The number of nitrogens with zero attached hydrogens (tertiary/aromatic N) is 1. The third-order valence-electron chi connectivity index (χ3n) is 5.20. The van der Waals surface area contributed by atoms with Gasteiger partial charge in [-0.3, -0.25) is 4.98 Å². The van der Waals surface area contributed by atoms with Crippen molar-refractivity contribution in [2.45, 2.75) is 0 Å². The molecule has 0 fully saturated rings. The molecule has 2 aliphatic rings. The Kier molecular flexibility index (Phi) is 3.31. The van der Waals surface area contributed by atoms with Crippen LogP contribution < -0.4 is 25.4 Å². The van der Waals surface area contributed by atoms with Gasteiger partial charge in [0.15, 0.2) is 0 Å². The molecule has 0 atom stereocenters. The Labute approximate surface area is 167 Å². The van der Waals surface area contributed by atoms with Crippen LogP contribution in [0, 0.1) is 0 Å². The molecule has 0 N–H and O–H groups in total. The smallest absolute Gasteiger partial charge is 0.140 e. The van der Waals surface area contributed by atoms with Crippen LogP contribution in [0.25, 0.3) is 11.1 Å². The summed E-state index contributed by atoms with van der Waals surface area (Å²) in [5.41, 5.74) is 2.02. The van der Waals surface area contributed by atoms with Crippen molar-refractivity contribution in [2.75, 3.05) is 0 Å². The molecule has 3 nitrogen and oxygen atoms in total. The van der Waals surface area contributed by atoms with E-state index in [1.165, 1.54) is 0 Å². The second-order valence-corrected chi connectivity index (χ2v) is 11.1. The van der Waals surface area contributed by atoms with Gasteiger partial charge in [0.1, 0.15) is 23.0 Å². The molecule has 28 heavy (non-hydrogen) atoms. The predicted molar refractivity (Wildman–Crippen MR) is 116 cm³/mol. The van der Waals surface area contributed by atoms with Crippen LogP contribution in [0.2, 0.25) is 0 Å². The van der Waals surface area contributed by atoms with Crippen LogP contribution in [0.5, 0.6) is 23.0 Å². The number of hydrogen-bond donors (Lipinski definition) is 0. The fourth-order valence-corrected chi connectivity index (χ4v) is 8.44. The topological polar surface area (TPSA) is 31.4 Å². The first-order chi connectivity index (χ1) is 13.7. The van der Waals surface area contributed by atoms with E-state index in [0.717, 1.165) is 50.0 Å². The number of pyridine rings is 1. The normalized spacial score (nSPS) is 14.7. The molecule has 0 saturated heterocycles. The SMILES string of the molecule is S=P12c3ccccc3Oc3cc(-c4cccnc4)cc(c31)Oc1ccccc12. The lowest BCUT2D eigenvalue weighted by molar-refractivity contribution is 0.467. The van der Waals surface area contributed by atoms with Gasteiger partial charge in [0.05, 0.1) is 11.3 Å². The fraction of sp³-hybridized carbons (Fsp3) is 0. The van der Waals surface area contributed by atoms with Crippen LogP contribution in [0.15, 0.2) is 85.2 Å². The summed E-state index contributed by atoms with van der Waals surface area (Å²) in [6.45, 7) is 0. The van der Waals surface area contributed by atoms with Crippen molar-refractivity contribution in [3.63, 3.8) is 0 Å². The van der Waals surface area contributed by atoms with E-state index in [4.69, 9.17) is 21.3 Å². The molecule has 0 saturated carbocycles. The van der Waals surface area contributed by atoms with Gasteiger partial charge in [0.25, 0.3) is 0 Å². The van der Waals surface area contributed by atoms with Gasteiger partial charge in [0, 0.05) is 28.6 Å². The van der Waals surface area contributed by atoms with Crippen molar-refractivity contribution in [1.82, 2.24) is 4.98 Å². The van der Waals surface area contributed by atoms with Gasteiger partial charge < -0.3 is 9.47 Å². The Bertz CT molecular complexity index is 1230. The summed E-state index contributed by atoms with van der Waals surface area (Å²) in [6.07, 6.45) is 3.61. The largest absolute Gasteiger partial charge is 0.456 e. The van der Waals surface area contributed by atoms with Crippen molar-refractivity contribution >= 4 is 33.8 Å². The number of aromatic nitrogens is 1. The standard InChI is InChI=1S/C23H14NO2PS/c28-27-21-9-3-1-7-17(21)25-19-12-16(15-6-5-11-24-14-15)13-20(23(19)27)26-18-8-2-4-10-22(18)27/h1-14H. The summed E-state index contributed by atoms with van der Waals surface area (Å²) in [6, 6.07) is 22.1. The minimum absolute atomic E-state index is 0.785. The summed E-state index contributed by atoms with van der Waals surface area (Å²) >= 11 is 6.46. The van der Waals surface area contributed by atoms with E-state index < -0.39 is 6.04 Å². The molecular weight excluding hydrogens is 385 g/mol. The Hall–Kier alpha value is -2.94. The zero-order chi connectivity index (χ0) is 18.7. The quantitative estimate of drug-likeness (QED) is 0.375. The molecule has 3 aromatic carbocycles. The highest BCUT2D eigenvalue weighted by Crippen LogP contribution is 2.58. The molecule has 0 amide bonds. The molecule has 3 heterocycles. The first kappa shape index (κ1) is 16.1. The highest BCUT2D eigenvalue weighted by atomic mass is 32.4. The molecule has 0 spiro atoms. The number of para-hydroxylation sites is 2. The fourth-order valence-electron chi connectivity index (χ4n) is 3.96. The third kappa shape index (κ3) is 2.10. The Morgan fingerprint density at radius 3 is 1.86 bits per heavy atom. The summed E-state index contributed by atoms with van der Waals surface area (Å²) in [5.74, 6) is 3.24. The Morgan fingerprint density at radius 2 is 1.29 bits per heavy atom. The van der Waals surface area contributed by atoms with E-state index >= 15 is 0 Å². The molecule has 1 aromatic heterocycles. The highest BCUT2D eigenvalue weighted by molar-refractivity contribution is 8.26. The Balaban J connectivity index is 1.70. The first-order valence-corrected chi connectivity index (χ1v) is 11.8. The van der Waals surface area contributed by atoms with E-state index in [0.29, 0.717) is 0 Å². The number of rotatable bonds is 1. The lowest BCUT2D eigenvalue weighted by Gasteiger charge is -2.37. The maximum Gasteiger partial charge on any atom is 0.140 e. The molecule has 2 aliphatic heterocycles. The summed E-state index contributed by atoms with van der Waals surface area (Å²) in [7, 11) is 0. The molecule has 134 valence electrons. The molecule has 5 heteroatoms. The average molecular weight is 399 g/mol. The zero-order valence-corrected chi connectivity index (χ0v) is 16.4. The van der Waals surface area contributed by atoms with E-state index in [1.807, 2.05) is 54.7 Å². The second-order valence-electron chi connectivity index (χ2n) is 6.81. The number of benzene rings is 3. The van der Waals surface area contributed by atoms with Crippen LogP contribution in [0.3, 0.4) is 0 Å². The molecule has 4 aromatic rings. The van der Waals surface area contributed by atoms with Gasteiger partial charge in [-0.05, 0) is 48.0 Å². The number of ether oxygens (including phenoxy) is 2. The molecule has 0 bridgehead atoms. The lowest BCUT2D eigenvalue weighted by Crippen LogP contribution is -2.34. The maximum atomic E-state index is 6.46. The molecule has 0 radical (unpaired) electrons. The molecule has 6 rings (SSSR count). The van der Waals surface area contributed by atoms with Gasteiger partial charge >= 0.3 is 0 Å². The minimum atomic E-state index is -2.26. The van der Waals surface area contributed by atoms with Crippen molar-refractivity contribution in [3.8, 4) is 34.1 Å². The van der Waals surface area contributed by atoms with Crippen LogP contribution >= 0.6 is 6.04 Å². The van der Waals surface area contributed by atoms with E-state index in [1.54, 1.807) is 6.20 Å². The van der Waals surface area contributed by atoms with Crippen molar-refractivity contribution in [2.24, 2.45) is 0 Å². The summed E-state index contributed by atoms with van der Waals surface area (Å²) < 4.78 is 12.7. The van der Waals surface area contributed by atoms with Gasteiger partial charge in [-0.1, -0.05) is 42.1 Å². The monoisotopic (exact) mass is 399 g/mol. The first-order valence-electron chi connectivity index (χ1n) is 8.99. The van der Waals surface area contributed by atoms with E-state index in [9.17, 15) is 0 Å². The molecular formula is C23H14NO2PS. The van der Waals surface area contributed by atoms with Crippen LogP contribution in [-0.4, -0.2) is 4.98 Å². The van der Waals surface area contributed by atoms with Crippen molar-refractivity contribution < 1.29 is 9.47 Å². The Morgan fingerprint density at radius 1 is 0.679 bits per heavy atom. The maximum absolute atomic E-state index is 6.46. The predicted octanol–water partition coefficient (Wildman–Crippen LogP) is 4.72. The number of hydrogen-bond acceptors (Lipinski definition) is 4. The van der Waals surface area contributed by atoms with Crippen LogP contribution in [0.1, 0.15) is 0 Å². The van der Waals surface area contributed by atoms with Crippen LogP contribution in [0.4, 0.5) is 0 Å². The van der Waals surface area contributed by atoms with Crippen LogP contribution in [-0.2, 0) is 11.8 Å². The average Bonchev–Trinajstić information content (AvgIpc) is 2.74. The summed E-state index contributed by atoms with van der Waals surface area (Å²) in [4.78, 5) is 4.25. The molecule has 0 aliphatic carbocycles. The minimum Gasteiger partial charge on any atom is -0.456 e. The van der Waals surface area contributed by atoms with E-state index in [-0.39, 0.29) is 0 Å². The van der Waals surface area contributed by atoms with Crippen molar-refractivity contribution in [1.29, 1.82) is 0 Å². The number of fused-ring (bicyclic) bond motifs is 4. The van der Waals surface area contributed by atoms with E-state index in [2.05, 4.69) is 29.2 Å².